The van der Waals surface area contributed by atoms with Crippen LogP contribution < -0.4 is 5.73 Å². The summed E-state index contributed by atoms with van der Waals surface area (Å²) in [7, 11) is 1.50. The monoisotopic (exact) mass is 89.1 g/mol. The Labute approximate surface area is 38.3 Å². The highest BCUT2D eigenvalue weighted by Gasteiger charge is 1.62. The van der Waals surface area contributed by atoms with Crippen molar-refractivity contribution in [3.8, 4) is 0 Å². The van der Waals surface area contributed by atoms with Crippen LogP contribution in [0.4, 0.5) is 0 Å². The number of carbonyl (C=O) groups is 1. The minimum absolute atomic E-state index is 0.167. The molecule has 0 heterocycles. The molecular formula is C4H11NO. The lowest BCUT2D eigenvalue weighted by Crippen LogP contribution is -1.69. The Morgan fingerprint density at radius 2 is 1.33 bits per heavy atom. The molecule has 2 nitrogen and oxygen atoms in total. The van der Waals surface area contributed by atoms with Gasteiger partial charge in [-0.05, 0) is 20.9 Å². The fraction of sp³-hybridized carbons (Fsp3) is 0.750. The molecule has 0 atom stereocenters. The molecule has 0 saturated heterocycles. The van der Waals surface area contributed by atoms with Crippen molar-refractivity contribution in [3.63, 3.8) is 0 Å². The lowest BCUT2D eigenvalue weighted by atomic mass is 10.6. The van der Waals surface area contributed by atoms with Crippen molar-refractivity contribution in [2.24, 2.45) is 5.73 Å². The highest BCUT2D eigenvalue weighted by molar-refractivity contribution is 5.72. The third-order valence-electron chi connectivity index (χ3n) is 0. The Morgan fingerprint density at radius 3 is 1.33 bits per heavy atom. The van der Waals surface area contributed by atoms with E-state index in [2.05, 4.69) is 5.73 Å². The molecule has 0 bridgehead atoms. The molecule has 2 heteroatoms. The van der Waals surface area contributed by atoms with Crippen LogP contribution in [0.15, 0.2) is 0 Å². The second-order valence-electron chi connectivity index (χ2n) is 0.908. The number of hydrogen-bond acceptors (Lipinski definition) is 2. The highest BCUT2D eigenvalue weighted by atomic mass is 16.1. The van der Waals surface area contributed by atoms with Crippen LogP contribution in [-0.2, 0) is 4.79 Å². The number of hydrogen-bond donors (Lipinski definition) is 1. The van der Waals surface area contributed by atoms with Gasteiger partial charge in [0.25, 0.3) is 0 Å². The Bertz CT molecular complexity index is 30.5. The second kappa shape index (κ2) is 8.82. The van der Waals surface area contributed by atoms with E-state index in [9.17, 15) is 4.79 Å². The molecule has 0 aromatic carbocycles. The van der Waals surface area contributed by atoms with Gasteiger partial charge in [0.15, 0.2) is 0 Å². The standard InChI is InChI=1S/C3H6O.CH5N/c1-3(2)4;1-2/h1-2H3;2H2,1H3. The normalized spacial score (nSPS) is 5.33. The molecule has 2 N–H and O–H groups in total. The quantitative estimate of drug-likeness (QED) is 0.459. The third kappa shape index (κ3) is 183. The van der Waals surface area contributed by atoms with Gasteiger partial charge in [0.1, 0.15) is 5.78 Å². The fourth-order valence-electron chi connectivity index (χ4n) is 0. The molecule has 0 aromatic heterocycles. The zero-order chi connectivity index (χ0) is 5.58. The van der Waals surface area contributed by atoms with Crippen molar-refractivity contribution in [1.29, 1.82) is 0 Å². The highest BCUT2D eigenvalue weighted by Crippen LogP contribution is 1.50. The molecule has 6 heavy (non-hydrogen) atoms. The van der Waals surface area contributed by atoms with E-state index in [0.717, 1.165) is 0 Å². The van der Waals surface area contributed by atoms with E-state index in [1.165, 1.54) is 20.9 Å². The second-order valence-corrected chi connectivity index (χ2v) is 0.908. The summed E-state index contributed by atoms with van der Waals surface area (Å²) in [5, 5.41) is 0. The summed E-state index contributed by atoms with van der Waals surface area (Å²) in [6, 6.07) is 0. The van der Waals surface area contributed by atoms with E-state index >= 15 is 0 Å². The van der Waals surface area contributed by atoms with Gasteiger partial charge in [-0.1, -0.05) is 0 Å². The van der Waals surface area contributed by atoms with E-state index in [1.54, 1.807) is 0 Å². The van der Waals surface area contributed by atoms with Crippen LogP contribution in [0.1, 0.15) is 13.8 Å². The van der Waals surface area contributed by atoms with Crippen LogP contribution in [0, 0.1) is 0 Å². The predicted octanol–water partition coefficient (Wildman–Crippen LogP) is 0.170. The SMILES string of the molecule is CC(C)=O.CN. The topological polar surface area (TPSA) is 43.1 Å². The van der Waals surface area contributed by atoms with Crippen molar-refractivity contribution in [2.45, 2.75) is 13.8 Å². The predicted molar refractivity (Wildman–Crippen MR) is 26.5 cm³/mol. The zero-order valence-electron chi connectivity index (χ0n) is 4.49. The van der Waals surface area contributed by atoms with E-state index < -0.39 is 0 Å². The average molecular weight is 89.1 g/mol. The molecule has 0 aliphatic carbocycles. The lowest BCUT2D eigenvalue weighted by molar-refractivity contribution is -0.114. The number of rotatable bonds is 0. The maximum absolute atomic E-state index is 9.44. The molecule has 38 valence electrons. The van der Waals surface area contributed by atoms with E-state index in [0.29, 0.717) is 0 Å². The van der Waals surface area contributed by atoms with Crippen LogP contribution in [0.2, 0.25) is 0 Å². The summed E-state index contributed by atoms with van der Waals surface area (Å²) in [4.78, 5) is 9.44. The van der Waals surface area contributed by atoms with Crippen LogP contribution in [0.3, 0.4) is 0 Å². The molecular weight excluding hydrogens is 78.1 g/mol. The first kappa shape index (κ1) is 9.16. The number of ketones is 1. The van der Waals surface area contributed by atoms with Gasteiger partial charge in [-0.3, -0.25) is 0 Å². The van der Waals surface area contributed by atoms with Crippen molar-refractivity contribution >= 4 is 5.78 Å². The Morgan fingerprint density at radius 1 is 1.33 bits per heavy atom. The van der Waals surface area contributed by atoms with Gasteiger partial charge >= 0.3 is 0 Å². The minimum atomic E-state index is 0.167. The van der Waals surface area contributed by atoms with Gasteiger partial charge in [0.2, 0.25) is 0 Å². The van der Waals surface area contributed by atoms with Crippen LogP contribution in [0.25, 0.3) is 0 Å². The summed E-state index contributed by atoms with van der Waals surface area (Å²) in [6.45, 7) is 3.06. The maximum atomic E-state index is 9.44. The summed E-state index contributed by atoms with van der Waals surface area (Å²) >= 11 is 0. The number of Topliss-reactive ketones (excluding diaryl/α,β-unsaturated/α-hetero) is 1. The van der Waals surface area contributed by atoms with E-state index in [4.69, 9.17) is 0 Å². The fourth-order valence-corrected chi connectivity index (χ4v) is 0. The van der Waals surface area contributed by atoms with Gasteiger partial charge in [-0.25, -0.2) is 0 Å². The van der Waals surface area contributed by atoms with Gasteiger partial charge in [-0.15, -0.1) is 0 Å². The molecule has 0 radical (unpaired) electrons. The van der Waals surface area contributed by atoms with Gasteiger partial charge in [0, 0.05) is 0 Å². The molecule has 0 rings (SSSR count). The van der Waals surface area contributed by atoms with Gasteiger partial charge in [0.05, 0.1) is 0 Å². The molecule has 0 unspecified atom stereocenters. The first-order valence-corrected chi connectivity index (χ1v) is 1.78. The van der Waals surface area contributed by atoms with Crippen molar-refractivity contribution in [2.75, 3.05) is 7.05 Å². The molecule has 0 saturated carbocycles. The van der Waals surface area contributed by atoms with Crippen molar-refractivity contribution in [3.05, 3.63) is 0 Å². The largest absolute Gasteiger partial charge is 0.333 e. The molecule has 0 aliphatic heterocycles. The first-order valence-electron chi connectivity index (χ1n) is 1.78. The minimum Gasteiger partial charge on any atom is -0.333 e. The number of carbonyl (C=O) groups excluding carboxylic acids is 1. The maximum Gasteiger partial charge on any atom is 0.126 e. The van der Waals surface area contributed by atoms with Crippen LogP contribution in [-0.4, -0.2) is 12.8 Å². The molecule has 0 aliphatic rings. The summed E-state index contributed by atoms with van der Waals surface area (Å²) in [5.74, 6) is 0.167. The third-order valence-corrected chi connectivity index (χ3v) is 0. The van der Waals surface area contributed by atoms with Crippen LogP contribution >= 0.6 is 0 Å². The molecule has 0 fully saturated rings. The van der Waals surface area contributed by atoms with Gasteiger partial charge < -0.3 is 10.5 Å². The Kier molecular flexibility index (Phi) is 13.5. The lowest BCUT2D eigenvalue weighted by Gasteiger charge is -1.56. The summed E-state index contributed by atoms with van der Waals surface area (Å²) < 4.78 is 0. The first-order chi connectivity index (χ1) is 2.73. The smallest absolute Gasteiger partial charge is 0.126 e. The van der Waals surface area contributed by atoms with Crippen molar-refractivity contribution in [1.82, 2.24) is 0 Å². The number of nitrogens with two attached hydrogens (primary N) is 1. The van der Waals surface area contributed by atoms with Crippen LogP contribution in [0.5, 0.6) is 0 Å². The average Bonchev–Trinajstić information content (AvgIpc) is 1.41. The Balaban J connectivity index is 0. The Hall–Kier alpha value is -0.370. The summed E-state index contributed by atoms with van der Waals surface area (Å²) in [5.41, 5.74) is 4.50. The van der Waals surface area contributed by atoms with Crippen molar-refractivity contribution < 1.29 is 4.79 Å². The van der Waals surface area contributed by atoms with Gasteiger partial charge in [-0.2, -0.15) is 0 Å². The molecule has 0 aromatic rings. The zero-order valence-corrected chi connectivity index (χ0v) is 4.49. The van der Waals surface area contributed by atoms with E-state index in [-0.39, 0.29) is 5.78 Å². The molecule has 0 amide bonds. The molecule has 0 spiro atoms. The van der Waals surface area contributed by atoms with E-state index in [1.807, 2.05) is 0 Å². The summed E-state index contributed by atoms with van der Waals surface area (Å²) in [6.07, 6.45) is 0.